The highest BCUT2D eigenvalue weighted by Gasteiger charge is 2.05. The first-order chi connectivity index (χ1) is 7.21. The molecule has 82 valence electrons. The quantitative estimate of drug-likeness (QED) is 0.404. The number of nitrogens with one attached hydrogen (secondary N) is 2. The molecule has 0 aliphatic carbocycles. The molecule has 0 aliphatic rings. The number of thiocarbonyl (C=S) groups is 1. The summed E-state index contributed by atoms with van der Waals surface area (Å²) >= 11 is 4.88. The molecule has 0 aliphatic heterocycles. The van der Waals surface area contributed by atoms with Crippen LogP contribution in [0.2, 0.25) is 0 Å². The normalized spacial score (nSPS) is 9.27. The van der Waals surface area contributed by atoms with E-state index in [2.05, 4.69) is 10.7 Å². The zero-order valence-corrected chi connectivity index (χ0v) is 9.35. The molecule has 5 nitrogen and oxygen atoms in total. The Bertz CT molecular complexity index is 357. The summed E-state index contributed by atoms with van der Waals surface area (Å²) in [5.41, 5.74) is 3.02. The summed E-state index contributed by atoms with van der Waals surface area (Å²) in [5.74, 6) is 6.52. The van der Waals surface area contributed by atoms with Gasteiger partial charge < -0.3 is 20.2 Å². The minimum absolute atomic E-state index is 0.307. The van der Waals surface area contributed by atoms with Crippen molar-refractivity contribution >= 4 is 23.0 Å². The molecule has 0 radical (unpaired) electrons. The van der Waals surface area contributed by atoms with E-state index < -0.39 is 0 Å². The molecular formula is C9H13N3O2S. The third-order valence-corrected chi connectivity index (χ3v) is 2.01. The highest BCUT2D eigenvalue weighted by molar-refractivity contribution is 7.80. The third kappa shape index (κ3) is 2.97. The Kier molecular flexibility index (Phi) is 4.14. The molecule has 0 saturated heterocycles. The van der Waals surface area contributed by atoms with Crippen molar-refractivity contribution in [3.05, 3.63) is 18.2 Å². The van der Waals surface area contributed by atoms with Crippen LogP contribution in [0.15, 0.2) is 18.2 Å². The fourth-order valence-corrected chi connectivity index (χ4v) is 1.18. The summed E-state index contributed by atoms with van der Waals surface area (Å²) in [7, 11) is 3.16. The van der Waals surface area contributed by atoms with Gasteiger partial charge in [-0.1, -0.05) is 0 Å². The highest BCUT2D eigenvalue weighted by Crippen LogP contribution is 2.28. The van der Waals surface area contributed by atoms with Gasteiger partial charge in [0, 0.05) is 6.07 Å². The topological polar surface area (TPSA) is 68.5 Å². The molecule has 0 aromatic heterocycles. The van der Waals surface area contributed by atoms with Crippen LogP contribution >= 0.6 is 12.2 Å². The van der Waals surface area contributed by atoms with E-state index in [-0.39, 0.29) is 0 Å². The third-order valence-electron chi connectivity index (χ3n) is 1.79. The number of rotatable bonds is 3. The largest absolute Gasteiger partial charge is 0.497 e. The molecule has 1 aromatic carbocycles. The minimum atomic E-state index is 0.307. The second kappa shape index (κ2) is 5.38. The molecule has 0 saturated carbocycles. The van der Waals surface area contributed by atoms with Crippen molar-refractivity contribution in [1.29, 1.82) is 0 Å². The van der Waals surface area contributed by atoms with Gasteiger partial charge in [-0.15, -0.1) is 0 Å². The lowest BCUT2D eigenvalue weighted by atomic mass is 10.2. The van der Waals surface area contributed by atoms with Crippen molar-refractivity contribution in [2.24, 2.45) is 5.84 Å². The van der Waals surface area contributed by atoms with Gasteiger partial charge in [-0.05, 0) is 24.4 Å². The molecule has 0 spiro atoms. The van der Waals surface area contributed by atoms with E-state index in [9.17, 15) is 0 Å². The Labute approximate surface area is 93.5 Å². The number of methoxy groups -OCH3 is 2. The molecule has 4 N–H and O–H groups in total. The smallest absolute Gasteiger partial charge is 0.185 e. The van der Waals surface area contributed by atoms with Crippen molar-refractivity contribution in [2.75, 3.05) is 19.5 Å². The number of hydrazine groups is 1. The lowest BCUT2D eigenvalue weighted by Crippen LogP contribution is -2.34. The monoisotopic (exact) mass is 227 g/mol. The number of nitrogens with two attached hydrogens (primary N) is 1. The lowest BCUT2D eigenvalue weighted by Gasteiger charge is -2.12. The predicted octanol–water partition coefficient (Wildman–Crippen LogP) is 0.864. The maximum absolute atomic E-state index is 5.16. The van der Waals surface area contributed by atoms with E-state index in [4.69, 9.17) is 27.5 Å². The Balaban J connectivity index is 2.95. The van der Waals surface area contributed by atoms with Gasteiger partial charge in [0.05, 0.1) is 19.9 Å². The number of anilines is 1. The minimum Gasteiger partial charge on any atom is -0.497 e. The van der Waals surface area contributed by atoms with Crippen LogP contribution in [0, 0.1) is 0 Å². The first kappa shape index (κ1) is 11.5. The Morgan fingerprint density at radius 1 is 1.33 bits per heavy atom. The first-order valence-electron chi connectivity index (χ1n) is 4.21. The average molecular weight is 227 g/mol. The average Bonchev–Trinajstić information content (AvgIpc) is 2.28. The van der Waals surface area contributed by atoms with Crippen LogP contribution in [0.4, 0.5) is 5.69 Å². The van der Waals surface area contributed by atoms with Crippen molar-refractivity contribution in [1.82, 2.24) is 5.43 Å². The second-order valence-corrected chi connectivity index (χ2v) is 3.07. The molecule has 0 atom stereocenters. The van der Waals surface area contributed by atoms with Crippen LogP contribution in [0.1, 0.15) is 0 Å². The van der Waals surface area contributed by atoms with Crippen LogP contribution in [0.5, 0.6) is 11.5 Å². The standard InChI is InChI=1S/C9H13N3O2S/c1-13-6-3-4-8(14-2)7(5-6)11-9(15)12-10/h3-5H,10H2,1-2H3,(H2,11,12,15). The van der Waals surface area contributed by atoms with Gasteiger partial charge in [0.2, 0.25) is 0 Å². The van der Waals surface area contributed by atoms with E-state index >= 15 is 0 Å². The molecule has 1 aromatic rings. The fraction of sp³-hybridized carbons (Fsp3) is 0.222. The van der Waals surface area contributed by atoms with E-state index in [1.807, 2.05) is 0 Å². The lowest BCUT2D eigenvalue weighted by molar-refractivity contribution is 0.405. The molecule has 0 amide bonds. The summed E-state index contributed by atoms with van der Waals surface area (Å²) in [4.78, 5) is 0. The maximum atomic E-state index is 5.16. The molecule has 15 heavy (non-hydrogen) atoms. The SMILES string of the molecule is COc1ccc(OC)c(NC(=S)NN)c1. The van der Waals surface area contributed by atoms with E-state index in [0.717, 1.165) is 0 Å². The van der Waals surface area contributed by atoms with Crippen molar-refractivity contribution < 1.29 is 9.47 Å². The Morgan fingerprint density at radius 2 is 2.07 bits per heavy atom. The summed E-state index contributed by atoms with van der Waals surface area (Å²) in [6.45, 7) is 0. The summed E-state index contributed by atoms with van der Waals surface area (Å²) in [6.07, 6.45) is 0. The Hall–Kier alpha value is -1.53. The van der Waals surface area contributed by atoms with Gasteiger partial charge >= 0.3 is 0 Å². The summed E-state index contributed by atoms with van der Waals surface area (Å²) in [6, 6.07) is 5.34. The van der Waals surface area contributed by atoms with Gasteiger partial charge in [0.25, 0.3) is 0 Å². The van der Waals surface area contributed by atoms with Crippen LogP contribution in [-0.4, -0.2) is 19.3 Å². The Morgan fingerprint density at radius 3 is 2.60 bits per heavy atom. The number of hydrogen-bond donors (Lipinski definition) is 3. The fourth-order valence-electron chi connectivity index (χ4n) is 1.07. The van der Waals surface area contributed by atoms with Crippen molar-refractivity contribution in [3.63, 3.8) is 0 Å². The first-order valence-corrected chi connectivity index (χ1v) is 4.61. The molecule has 0 unspecified atom stereocenters. The number of ether oxygens (including phenoxy) is 2. The highest BCUT2D eigenvalue weighted by atomic mass is 32.1. The van der Waals surface area contributed by atoms with E-state index in [1.165, 1.54) is 0 Å². The molecular weight excluding hydrogens is 214 g/mol. The molecule has 0 heterocycles. The van der Waals surface area contributed by atoms with Gasteiger partial charge in [0.15, 0.2) is 5.11 Å². The van der Waals surface area contributed by atoms with Gasteiger partial charge in [-0.25, -0.2) is 5.84 Å². The predicted molar refractivity (Wildman–Crippen MR) is 63.1 cm³/mol. The van der Waals surface area contributed by atoms with Gasteiger partial charge in [-0.3, -0.25) is 0 Å². The van der Waals surface area contributed by atoms with Gasteiger partial charge in [-0.2, -0.15) is 0 Å². The maximum Gasteiger partial charge on any atom is 0.185 e. The van der Waals surface area contributed by atoms with Crippen LogP contribution in [0.25, 0.3) is 0 Å². The van der Waals surface area contributed by atoms with Crippen molar-refractivity contribution in [2.45, 2.75) is 0 Å². The zero-order chi connectivity index (χ0) is 11.3. The van der Waals surface area contributed by atoms with Crippen LogP contribution < -0.4 is 26.1 Å². The summed E-state index contributed by atoms with van der Waals surface area (Å²) < 4.78 is 10.2. The van der Waals surface area contributed by atoms with E-state index in [0.29, 0.717) is 22.3 Å². The molecule has 0 fully saturated rings. The molecule has 6 heteroatoms. The van der Waals surface area contributed by atoms with Crippen LogP contribution in [0.3, 0.4) is 0 Å². The number of benzene rings is 1. The van der Waals surface area contributed by atoms with Crippen LogP contribution in [-0.2, 0) is 0 Å². The molecule has 0 bridgehead atoms. The second-order valence-electron chi connectivity index (χ2n) is 2.66. The molecule has 1 rings (SSSR count). The van der Waals surface area contributed by atoms with Gasteiger partial charge in [0.1, 0.15) is 11.5 Å². The summed E-state index contributed by atoms with van der Waals surface area (Å²) in [5, 5.41) is 3.18. The number of hydrogen-bond acceptors (Lipinski definition) is 4. The van der Waals surface area contributed by atoms with E-state index in [1.54, 1.807) is 32.4 Å². The zero-order valence-electron chi connectivity index (χ0n) is 8.53. The van der Waals surface area contributed by atoms with Crippen molar-refractivity contribution in [3.8, 4) is 11.5 Å².